The molecule has 0 heterocycles. The van der Waals surface area contributed by atoms with E-state index in [1.807, 2.05) is 18.9 Å². The summed E-state index contributed by atoms with van der Waals surface area (Å²) < 4.78 is 0. The first-order valence-electron chi connectivity index (χ1n) is 5.57. The molecule has 1 amide bonds. The predicted octanol–water partition coefficient (Wildman–Crippen LogP) is 2.21. The van der Waals surface area contributed by atoms with Crippen LogP contribution in [0.5, 0.6) is 0 Å². The molecule has 0 aliphatic rings. The summed E-state index contributed by atoms with van der Waals surface area (Å²) in [6.45, 7) is 2.84. The summed E-state index contributed by atoms with van der Waals surface area (Å²) in [5.74, 6) is -0.114. The Kier molecular flexibility index (Phi) is 5.88. The minimum atomic E-state index is -0.114. The summed E-state index contributed by atoms with van der Waals surface area (Å²) >= 11 is 11.7. The first-order valence-corrected chi connectivity index (χ1v) is 6.33. The maximum atomic E-state index is 11.7. The fourth-order valence-electron chi connectivity index (χ4n) is 1.58. The maximum absolute atomic E-state index is 11.7. The second kappa shape index (κ2) is 6.95. The highest BCUT2D eigenvalue weighted by Gasteiger charge is 2.09. The molecular formula is C12H17Cl2N3O. The molecule has 1 rings (SSSR count). The SMILES string of the molecule is CC(N)CN(C)CC(=O)Nc1ccc(Cl)c(Cl)c1. The summed E-state index contributed by atoms with van der Waals surface area (Å²) in [6, 6.07) is 5.00. The minimum Gasteiger partial charge on any atom is -0.327 e. The topological polar surface area (TPSA) is 58.4 Å². The van der Waals surface area contributed by atoms with Crippen LogP contribution in [0.3, 0.4) is 0 Å². The smallest absolute Gasteiger partial charge is 0.238 e. The number of benzene rings is 1. The van der Waals surface area contributed by atoms with Gasteiger partial charge in [0, 0.05) is 18.3 Å². The number of halogens is 2. The molecule has 0 aliphatic heterocycles. The molecule has 0 aliphatic carbocycles. The second-order valence-corrected chi connectivity index (χ2v) is 5.17. The van der Waals surface area contributed by atoms with E-state index in [1.165, 1.54) is 0 Å². The van der Waals surface area contributed by atoms with Gasteiger partial charge in [0.25, 0.3) is 0 Å². The maximum Gasteiger partial charge on any atom is 0.238 e. The fraction of sp³-hybridized carbons (Fsp3) is 0.417. The van der Waals surface area contributed by atoms with Crippen LogP contribution in [0, 0.1) is 0 Å². The van der Waals surface area contributed by atoms with Crippen molar-refractivity contribution in [1.82, 2.24) is 4.90 Å². The van der Waals surface area contributed by atoms with E-state index >= 15 is 0 Å². The van der Waals surface area contributed by atoms with Gasteiger partial charge in [-0.05, 0) is 32.2 Å². The number of carbonyl (C=O) groups is 1. The Morgan fingerprint density at radius 3 is 2.67 bits per heavy atom. The van der Waals surface area contributed by atoms with Gasteiger partial charge < -0.3 is 11.1 Å². The molecule has 0 aromatic heterocycles. The largest absolute Gasteiger partial charge is 0.327 e. The summed E-state index contributed by atoms with van der Waals surface area (Å²) in [4.78, 5) is 13.6. The number of nitrogens with one attached hydrogen (secondary N) is 1. The van der Waals surface area contributed by atoms with E-state index in [4.69, 9.17) is 28.9 Å². The lowest BCUT2D eigenvalue weighted by atomic mass is 10.3. The van der Waals surface area contributed by atoms with Crippen LogP contribution in [0.25, 0.3) is 0 Å². The van der Waals surface area contributed by atoms with Crippen LogP contribution in [-0.2, 0) is 4.79 Å². The van der Waals surface area contributed by atoms with Gasteiger partial charge >= 0.3 is 0 Å². The molecule has 0 spiro atoms. The molecule has 0 saturated heterocycles. The lowest BCUT2D eigenvalue weighted by Crippen LogP contribution is -2.37. The first kappa shape index (κ1) is 15.2. The summed E-state index contributed by atoms with van der Waals surface area (Å²) in [6.07, 6.45) is 0. The average molecular weight is 290 g/mol. The molecular weight excluding hydrogens is 273 g/mol. The average Bonchev–Trinajstić information content (AvgIpc) is 2.21. The highest BCUT2D eigenvalue weighted by Crippen LogP contribution is 2.24. The number of nitrogens with two attached hydrogens (primary N) is 1. The fourth-order valence-corrected chi connectivity index (χ4v) is 1.87. The lowest BCUT2D eigenvalue weighted by Gasteiger charge is -2.18. The molecule has 0 fully saturated rings. The molecule has 1 aromatic carbocycles. The van der Waals surface area contributed by atoms with Gasteiger partial charge in [-0.15, -0.1) is 0 Å². The van der Waals surface area contributed by atoms with Gasteiger partial charge in [-0.1, -0.05) is 23.2 Å². The Balaban J connectivity index is 2.51. The Morgan fingerprint density at radius 1 is 1.44 bits per heavy atom. The van der Waals surface area contributed by atoms with Crippen LogP contribution < -0.4 is 11.1 Å². The van der Waals surface area contributed by atoms with Crippen LogP contribution in [0.4, 0.5) is 5.69 Å². The first-order chi connectivity index (χ1) is 8.38. The molecule has 18 heavy (non-hydrogen) atoms. The summed E-state index contributed by atoms with van der Waals surface area (Å²) in [5.41, 5.74) is 6.28. The third kappa shape index (κ3) is 5.23. The van der Waals surface area contributed by atoms with E-state index in [2.05, 4.69) is 5.32 Å². The van der Waals surface area contributed by atoms with E-state index in [1.54, 1.807) is 18.2 Å². The standard InChI is InChI=1S/C12H17Cl2N3O/c1-8(15)6-17(2)7-12(18)16-9-3-4-10(13)11(14)5-9/h3-5,8H,6-7,15H2,1-2H3,(H,16,18). The van der Waals surface area contributed by atoms with Crippen LogP contribution in [0.15, 0.2) is 18.2 Å². The van der Waals surface area contributed by atoms with Crippen LogP contribution in [0.2, 0.25) is 10.0 Å². The monoisotopic (exact) mass is 289 g/mol. The van der Waals surface area contributed by atoms with Gasteiger partial charge in [0.15, 0.2) is 0 Å². The van der Waals surface area contributed by atoms with Crippen LogP contribution in [0.1, 0.15) is 6.92 Å². The zero-order valence-corrected chi connectivity index (χ0v) is 11.9. The number of amides is 1. The molecule has 1 atom stereocenters. The number of rotatable bonds is 5. The van der Waals surface area contributed by atoms with Crippen molar-refractivity contribution in [3.63, 3.8) is 0 Å². The molecule has 6 heteroatoms. The predicted molar refractivity (Wildman–Crippen MR) is 76.2 cm³/mol. The van der Waals surface area contributed by atoms with Gasteiger partial charge in [-0.3, -0.25) is 9.69 Å². The second-order valence-electron chi connectivity index (χ2n) is 4.35. The Labute approximate surface area is 117 Å². The number of carbonyl (C=O) groups excluding carboxylic acids is 1. The third-order valence-electron chi connectivity index (χ3n) is 2.22. The molecule has 0 saturated carbocycles. The quantitative estimate of drug-likeness (QED) is 0.874. The molecule has 1 unspecified atom stereocenters. The highest BCUT2D eigenvalue weighted by atomic mass is 35.5. The Hall–Kier alpha value is -0.810. The van der Waals surface area contributed by atoms with Crippen molar-refractivity contribution < 1.29 is 4.79 Å². The van der Waals surface area contributed by atoms with Crippen molar-refractivity contribution in [3.05, 3.63) is 28.2 Å². The van der Waals surface area contributed by atoms with E-state index in [0.717, 1.165) is 0 Å². The van der Waals surface area contributed by atoms with Gasteiger partial charge in [-0.2, -0.15) is 0 Å². The zero-order chi connectivity index (χ0) is 13.7. The van der Waals surface area contributed by atoms with Crippen LogP contribution in [-0.4, -0.2) is 37.0 Å². The Bertz CT molecular complexity index is 424. The highest BCUT2D eigenvalue weighted by molar-refractivity contribution is 6.42. The van der Waals surface area contributed by atoms with Crippen molar-refractivity contribution >= 4 is 34.8 Å². The minimum absolute atomic E-state index is 0.0350. The third-order valence-corrected chi connectivity index (χ3v) is 2.96. The van der Waals surface area contributed by atoms with Crippen molar-refractivity contribution in [2.45, 2.75) is 13.0 Å². The van der Waals surface area contributed by atoms with Gasteiger partial charge in [-0.25, -0.2) is 0 Å². The molecule has 3 N–H and O–H groups in total. The van der Waals surface area contributed by atoms with E-state index in [-0.39, 0.29) is 18.5 Å². The van der Waals surface area contributed by atoms with E-state index < -0.39 is 0 Å². The van der Waals surface area contributed by atoms with E-state index in [9.17, 15) is 4.79 Å². The van der Waals surface area contributed by atoms with E-state index in [0.29, 0.717) is 22.3 Å². The number of hydrogen-bond acceptors (Lipinski definition) is 3. The Morgan fingerprint density at radius 2 is 2.11 bits per heavy atom. The molecule has 1 aromatic rings. The van der Waals surface area contributed by atoms with Gasteiger partial charge in [0.1, 0.15) is 0 Å². The van der Waals surface area contributed by atoms with Crippen molar-refractivity contribution in [3.8, 4) is 0 Å². The number of hydrogen-bond donors (Lipinski definition) is 2. The molecule has 100 valence electrons. The van der Waals surface area contributed by atoms with Crippen molar-refractivity contribution in [2.24, 2.45) is 5.73 Å². The normalized spacial score (nSPS) is 12.6. The summed E-state index contributed by atoms with van der Waals surface area (Å²) in [5, 5.41) is 3.63. The summed E-state index contributed by atoms with van der Waals surface area (Å²) in [7, 11) is 1.85. The van der Waals surface area contributed by atoms with Gasteiger partial charge in [0.05, 0.1) is 16.6 Å². The van der Waals surface area contributed by atoms with Crippen molar-refractivity contribution in [2.75, 3.05) is 25.5 Å². The van der Waals surface area contributed by atoms with Crippen molar-refractivity contribution in [1.29, 1.82) is 0 Å². The lowest BCUT2D eigenvalue weighted by molar-refractivity contribution is -0.117. The number of anilines is 1. The number of likely N-dealkylation sites (N-methyl/N-ethyl adjacent to an activating group) is 1. The molecule has 0 radical (unpaired) electrons. The van der Waals surface area contributed by atoms with Gasteiger partial charge in [0.2, 0.25) is 5.91 Å². The zero-order valence-electron chi connectivity index (χ0n) is 10.4. The molecule has 4 nitrogen and oxygen atoms in total. The number of nitrogens with zero attached hydrogens (tertiary/aromatic N) is 1. The van der Waals surface area contributed by atoms with Crippen LogP contribution >= 0.6 is 23.2 Å². The molecule has 0 bridgehead atoms.